The SMILES string of the molecule is COc1ccccc1CNc1cc(-c2ccccn2)nc(NCC(=O)O)n1. The Balaban J connectivity index is 1.86. The molecule has 27 heavy (non-hydrogen) atoms. The van der Waals surface area contributed by atoms with Gasteiger partial charge < -0.3 is 20.5 Å². The van der Waals surface area contributed by atoms with Gasteiger partial charge in [0.05, 0.1) is 18.5 Å². The summed E-state index contributed by atoms with van der Waals surface area (Å²) in [4.78, 5) is 23.8. The number of aliphatic carboxylic acids is 1. The first-order chi connectivity index (χ1) is 13.2. The van der Waals surface area contributed by atoms with Gasteiger partial charge in [-0.2, -0.15) is 4.98 Å². The van der Waals surface area contributed by atoms with Crippen LogP contribution in [0, 0.1) is 0 Å². The van der Waals surface area contributed by atoms with Crippen molar-refractivity contribution in [3.05, 3.63) is 60.3 Å². The fraction of sp³-hybridized carbons (Fsp3) is 0.158. The van der Waals surface area contributed by atoms with Crippen molar-refractivity contribution in [2.24, 2.45) is 0 Å². The number of hydrogen-bond donors (Lipinski definition) is 3. The summed E-state index contributed by atoms with van der Waals surface area (Å²) in [6, 6.07) is 14.9. The van der Waals surface area contributed by atoms with E-state index in [1.165, 1.54) is 0 Å². The van der Waals surface area contributed by atoms with Crippen molar-refractivity contribution < 1.29 is 14.6 Å². The van der Waals surface area contributed by atoms with Crippen LogP contribution >= 0.6 is 0 Å². The maximum atomic E-state index is 10.8. The van der Waals surface area contributed by atoms with E-state index in [2.05, 4.69) is 25.6 Å². The minimum absolute atomic E-state index is 0.211. The van der Waals surface area contributed by atoms with E-state index in [0.29, 0.717) is 23.8 Å². The maximum Gasteiger partial charge on any atom is 0.322 e. The van der Waals surface area contributed by atoms with Crippen molar-refractivity contribution in [1.29, 1.82) is 0 Å². The summed E-state index contributed by atoms with van der Waals surface area (Å²) in [5, 5.41) is 14.8. The molecule has 0 unspecified atom stereocenters. The summed E-state index contributed by atoms with van der Waals surface area (Å²) in [6.07, 6.45) is 1.67. The number of para-hydroxylation sites is 1. The number of carbonyl (C=O) groups is 1. The third-order valence-electron chi connectivity index (χ3n) is 3.70. The fourth-order valence-electron chi connectivity index (χ4n) is 2.45. The first kappa shape index (κ1) is 18.1. The predicted molar refractivity (Wildman–Crippen MR) is 102 cm³/mol. The number of methoxy groups -OCH3 is 1. The van der Waals surface area contributed by atoms with Gasteiger partial charge in [-0.3, -0.25) is 9.78 Å². The minimum Gasteiger partial charge on any atom is -0.496 e. The number of ether oxygens (including phenoxy) is 1. The highest BCUT2D eigenvalue weighted by Gasteiger charge is 2.09. The molecule has 0 amide bonds. The summed E-state index contributed by atoms with van der Waals surface area (Å²) in [5.74, 6) is 0.533. The zero-order valence-electron chi connectivity index (χ0n) is 14.7. The molecule has 1 aromatic carbocycles. The average Bonchev–Trinajstić information content (AvgIpc) is 2.71. The minimum atomic E-state index is -0.995. The molecule has 2 heterocycles. The van der Waals surface area contributed by atoms with Crippen LogP contribution in [0.4, 0.5) is 11.8 Å². The summed E-state index contributed by atoms with van der Waals surface area (Å²) in [5.41, 5.74) is 2.22. The van der Waals surface area contributed by atoms with E-state index in [1.54, 1.807) is 19.4 Å². The molecule has 0 fully saturated rings. The van der Waals surface area contributed by atoms with E-state index in [-0.39, 0.29) is 12.5 Å². The topological polar surface area (TPSA) is 109 Å². The maximum absolute atomic E-state index is 10.8. The third-order valence-corrected chi connectivity index (χ3v) is 3.70. The van der Waals surface area contributed by atoms with Crippen LogP contribution in [0.1, 0.15) is 5.56 Å². The Labute approximate surface area is 156 Å². The normalized spacial score (nSPS) is 10.3. The lowest BCUT2D eigenvalue weighted by Gasteiger charge is -2.12. The molecule has 0 atom stereocenters. The average molecular weight is 365 g/mol. The highest BCUT2D eigenvalue weighted by molar-refractivity contribution is 5.72. The largest absolute Gasteiger partial charge is 0.496 e. The lowest BCUT2D eigenvalue weighted by Crippen LogP contribution is -2.15. The van der Waals surface area contributed by atoms with E-state index in [4.69, 9.17) is 9.84 Å². The van der Waals surface area contributed by atoms with Crippen LogP contribution in [-0.2, 0) is 11.3 Å². The van der Waals surface area contributed by atoms with Gasteiger partial charge in [-0.1, -0.05) is 24.3 Å². The van der Waals surface area contributed by atoms with Crippen LogP contribution in [0.25, 0.3) is 11.4 Å². The number of nitrogens with zero attached hydrogens (tertiary/aromatic N) is 3. The monoisotopic (exact) mass is 365 g/mol. The Morgan fingerprint density at radius 3 is 2.63 bits per heavy atom. The summed E-state index contributed by atoms with van der Waals surface area (Å²) >= 11 is 0. The number of anilines is 2. The van der Waals surface area contributed by atoms with Crippen LogP contribution in [-0.4, -0.2) is 39.7 Å². The van der Waals surface area contributed by atoms with Crippen molar-refractivity contribution in [2.45, 2.75) is 6.54 Å². The molecular weight excluding hydrogens is 346 g/mol. The molecule has 0 aliphatic rings. The standard InChI is InChI=1S/C19H19N5O3/c1-27-16-8-3-2-6-13(16)11-21-17-10-15(14-7-4-5-9-20-14)23-19(24-17)22-12-18(25)26/h2-10H,11-12H2,1H3,(H,25,26)(H2,21,22,23,24). The van der Waals surface area contributed by atoms with Crippen LogP contribution in [0.5, 0.6) is 5.75 Å². The van der Waals surface area contributed by atoms with Crippen LogP contribution in [0.3, 0.4) is 0 Å². The van der Waals surface area contributed by atoms with Gasteiger partial charge in [0.15, 0.2) is 0 Å². The van der Waals surface area contributed by atoms with Gasteiger partial charge in [-0.25, -0.2) is 4.98 Å². The second-order valence-corrected chi connectivity index (χ2v) is 5.59. The zero-order valence-corrected chi connectivity index (χ0v) is 14.7. The molecule has 8 nitrogen and oxygen atoms in total. The fourth-order valence-corrected chi connectivity index (χ4v) is 2.45. The molecule has 2 aromatic heterocycles. The Kier molecular flexibility index (Phi) is 5.78. The molecule has 3 N–H and O–H groups in total. The van der Waals surface area contributed by atoms with Gasteiger partial charge in [0.25, 0.3) is 0 Å². The molecular formula is C19H19N5O3. The number of hydrogen-bond acceptors (Lipinski definition) is 7. The van der Waals surface area contributed by atoms with Crippen LogP contribution in [0.2, 0.25) is 0 Å². The highest BCUT2D eigenvalue weighted by Crippen LogP contribution is 2.22. The molecule has 138 valence electrons. The van der Waals surface area contributed by atoms with Gasteiger partial charge >= 0.3 is 5.97 Å². The first-order valence-electron chi connectivity index (χ1n) is 8.27. The van der Waals surface area contributed by atoms with Gasteiger partial charge in [0, 0.05) is 24.4 Å². The van der Waals surface area contributed by atoms with E-state index in [0.717, 1.165) is 11.3 Å². The quantitative estimate of drug-likeness (QED) is 0.559. The van der Waals surface area contributed by atoms with E-state index in [1.807, 2.05) is 42.5 Å². The van der Waals surface area contributed by atoms with E-state index in [9.17, 15) is 4.79 Å². The van der Waals surface area contributed by atoms with Crippen LogP contribution in [0.15, 0.2) is 54.7 Å². The number of carboxylic acid groups (broad SMARTS) is 1. The second-order valence-electron chi connectivity index (χ2n) is 5.59. The molecule has 0 saturated heterocycles. The molecule has 8 heteroatoms. The van der Waals surface area contributed by atoms with Gasteiger partial charge in [0.2, 0.25) is 5.95 Å². The molecule has 0 spiro atoms. The number of benzene rings is 1. The Bertz CT molecular complexity index is 918. The van der Waals surface area contributed by atoms with Crippen molar-refractivity contribution in [2.75, 3.05) is 24.3 Å². The van der Waals surface area contributed by atoms with Crippen molar-refractivity contribution in [3.8, 4) is 17.1 Å². The number of carboxylic acids is 1. The Morgan fingerprint density at radius 2 is 1.89 bits per heavy atom. The van der Waals surface area contributed by atoms with Gasteiger partial charge in [-0.05, 0) is 18.2 Å². The van der Waals surface area contributed by atoms with Crippen molar-refractivity contribution in [1.82, 2.24) is 15.0 Å². The summed E-state index contributed by atoms with van der Waals surface area (Å²) in [7, 11) is 1.62. The molecule has 0 radical (unpaired) electrons. The second kappa shape index (κ2) is 8.61. The van der Waals surface area contributed by atoms with Crippen molar-refractivity contribution in [3.63, 3.8) is 0 Å². The third kappa shape index (κ3) is 4.91. The molecule has 3 rings (SSSR count). The zero-order chi connectivity index (χ0) is 19.1. The molecule has 0 saturated carbocycles. The lowest BCUT2D eigenvalue weighted by atomic mass is 10.2. The number of nitrogens with one attached hydrogen (secondary N) is 2. The smallest absolute Gasteiger partial charge is 0.322 e. The highest BCUT2D eigenvalue weighted by atomic mass is 16.5. The molecule has 0 bridgehead atoms. The number of rotatable bonds is 8. The molecule has 0 aliphatic carbocycles. The molecule has 3 aromatic rings. The summed E-state index contributed by atoms with van der Waals surface area (Å²) < 4.78 is 5.36. The van der Waals surface area contributed by atoms with Gasteiger partial charge in [0.1, 0.15) is 18.1 Å². The number of pyridine rings is 1. The van der Waals surface area contributed by atoms with E-state index < -0.39 is 5.97 Å². The Hall–Kier alpha value is -3.68. The lowest BCUT2D eigenvalue weighted by molar-refractivity contribution is -0.134. The predicted octanol–water partition coefficient (Wildman–Crippen LogP) is 2.66. The molecule has 0 aliphatic heterocycles. The van der Waals surface area contributed by atoms with Crippen molar-refractivity contribution >= 4 is 17.7 Å². The first-order valence-corrected chi connectivity index (χ1v) is 8.27. The Morgan fingerprint density at radius 1 is 1.07 bits per heavy atom. The van der Waals surface area contributed by atoms with Crippen LogP contribution < -0.4 is 15.4 Å². The number of aromatic nitrogens is 3. The van der Waals surface area contributed by atoms with E-state index >= 15 is 0 Å². The van der Waals surface area contributed by atoms with Gasteiger partial charge in [-0.15, -0.1) is 0 Å². The summed E-state index contributed by atoms with van der Waals surface area (Å²) in [6.45, 7) is 0.207.